The maximum atomic E-state index is 11.1. The second-order valence-corrected chi connectivity index (χ2v) is 4.15. The Morgan fingerprint density at radius 1 is 1.19 bits per heavy atom. The molecule has 0 unspecified atom stereocenters. The first-order valence-corrected chi connectivity index (χ1v) is 6.64. The van der Waals surface area contributed by atoms with E-state index in [2.05, 4.69) is 24.1 Å². The highest BCUT2D eigenvalue weighted by molar-refractivity contribution is 5.92. The van der Waals surface area contributed by atoms with E-state index in [1.807, 2.05) is 12.1 Å². The number of nitrogens with zero attached hydrogens (tertiary/aromatic N) is 1. The summed E-state index contributed by atoms with van der Waals surface area (Å²) in [4.78, 5) is 13.4. The van der Waals surface area contributed by atoms with Crippen molar-refractivity contribution in [2.24, 2.45) is 5.73 Å². The van der Waals surface area contributed by atoms with Crippen LogP contribution in [0.3, 0.4) is 0 Å². The maximum Gasteiger partial charge on any atom is 0.238 e. The van der Waals surface area contributed by atoms with Gasteiger partial charge in [-0.05, 0) is 37.4 Å². The van der Waals surface area contributed by atoms with Crippen molar-refractivity contribution in [2.75, 3.05) is 38.1 Å². The molecular weight excluding hydrogens is 313 g/mol. The quantitative estimate of drug-likeness (QED) is 0.762. The van der Waals surface area contributed by atoms with Crippen LogP contribution in [0.4, 0.5) is 5.69 Å². The molecular formula is C14H25Cl2N3O2. The topological polar surface area (TPSA) is 67.6 Å². The molecule has 122 valence electrons. The average molecular weight is 338 g/mol. The van der Waals surface area contributed by atoms with Gasteiger partial charge in [0.15, 0.2) is 0 Å². The molecule has 0 radical (unpaired) electrons. The second-order valence-electron chi connectivity index (χ2n) is 4.15. The molecule has 1 aromatic carbocycles. The number of likely N-dealkylation sites (N-methyl/N-ethyl adjacent to an activating group) is 1. The summed E-state index contributed by atoms with van der Waals surface area (Å²) in [6.07, 6.45) is 0. The summed E-state index contributed by atoms with van der Waals surface area (Å²) in [5.41, 5.74) is 5.96. The average Bonchev–Trinajstić information content (AvgIpc) is 2.45. The zero-order valence-corrected chi connectivity index (χ0v) is 14.1. The van der Waals surface area contributed by atoms with Gasteiger partial charge in [-0.15, -0.1) is 24.8 Å². The fourth-order valence-corrected chi connectivity index (χ4v) is 1.68. The predicted octanol–water partition coefficient (Wildman–Crippen LogP) is 2.15. The standard InChI is InChI=1S/C14H23N3O2.2ClH/c1-3-17(4-2)9-10-19-13-7-5-12(6-8-13)16-14(18)11-15;;/h5-8H,3-4,9-11,15H2,1-2H3,(H,16,18);2*1H. The van der Waals surface area contributed by atoms with Crippen LogP contribution in [0.1, 0.15) is 13.8 Å². The van der Waals surface area contributed by atoms with E-state index in [1.165, 1.54) is 0 Å². The van der Waals surface area contributed by atoms with E-state index in [-0.39, 0.29) is 37.3 Å². The largest absolute Gasteiger partial charge is 0.492 e. The third-order valence-corrected chi connectivity index (χ3v) is 2.89. The van der Waals surface area contributed by atoms with Gasteiger partial charge >= 0.3 is 0 Å². The lowest BCUT2D eigenvalue weighted by molar-refractivity contribution is -0.114. The molecule has 0 aliphatic heterocycles. The molecule has 7 heteroatoms. The molecule has 0 saturated heterocycles. The van der Waals surface area contributed by atoms with Gasteiger partial charge in [0.05, 0.1) is 6.54 Å². The lowest BCUT2D eigenvalue weighted by Gasteiger charge is -2.18. The molecule has 0 fully saturated rings. The van der Waals surface area contributed by atoms with Gasteiger partial charge in [0.1, 0.15) is 12.4 Å². The number of amides is 1. The second kappa shape index (κ2) is 12.7. The number of nitrogens with two attached hydrogens (primary N) is 1. The van der Waals surface area contributed by atoms with Crippen LogP contribution in [-0.2, 0) is 4.79 Å². The number of rotatable bonds is 8. The molecule has 0 aliphatic carbocycles. The van der Waals surface area contributed by atoms with E-state index in [0.717, 1.165) is 31.1 Å². The van der Waals surface area contributed by atoms with Gasteiger partial charge in [-0.2, -0.15) is 0 Å². The summed E-state index contributed by atoms with van der Waals surface area (Å²) in [7, 11) is 0. The SMILES string of the molecule is CCN(CC)CCOc1ccc(NC(=O)CN)cc1.Cl.Cl. The summed E-state index contributed by atoms with van der Waals surface area (Å²) >= 11 is 0. The van der Waals surface area contributed by atoms with Crippen LogP contribution in [-0.4, -0.2) is 43.6 Å². The van der Waals surface area contributed by atoms with Gasteiger partial charge in [0.25, 0.3) is 0 Å². The summed E-state index contributed by atoms with van der Waals surface area (Å²) in [5, 5.41) is 2.68. The smallest absolute Gasteiger partial charge is 0.238 e. The fourth-order valence-electron chi connectivity index (χ4n) is 1.68. The Hall–Kier alpha value is -1.01. The number of halogens is 2. The van der Waals surface area contributed by atoms with Crippen molar-refractivity contribution >= 4 is 36.4 Å². The van der Waals surface area contributed by atoms with Crippen LogP contribution in [0, 0.1) is 0 Å². The van der Waals surface area contributed by atoms with Crippen molar-refractivity contribution in [1.82, 2.24) is 4.90 Å². The predicted molar refractivity (Wildman–Crippen MR) is 91.9 cm³/mol. The van der Waals surface area contributed by atoms with E-state index in [9.17, 15) is 4.79 Å². The number of carbonyl (C=O) groups excluding carboxylic acids is 1. The molecule has 0 atom stereocenters. The Morgan fingerprint density at radius 2 is 1.76 bits per heavy atom. The normalized spacial score (nSPS) is 9.52. The molecule has 1 rings (SSSR count). The Morgan fingerprint density at radius 3 is 2.24 bits per heavy atom. The van der Waals surface area contributed by atoms with E-state index >= 15 is 0 Å². The monoisotopic (exact) mass is 337 g/mol. The molecule has 0 aromatic heterocycles. The molecule has 0 spiro atoms. The van der Waals surface area contributed by atoms with Crippen LogP contribution in [0.15, 0.2) is 24.3 Å². The first-order valence-electron chi connectivity index (χ1n) is 6.64. The van der Waals surface area contributed by atoms with E-state index in [1.54, 1.807) is 12.1 Å². The van der Waals surface area contributed by atoms with E-state index in [4.69, 9.17) is 10.5 Å². The van der Waals surface area contributed by atoms with Crippen LogP contribution in [0.2, 0.25) is 0 Å². The van der Waals surface area contributed by atoms with E-state index in [0.29, 0.717) is 6.61 Å². The van der Waals surface area contributed by atoms with E-state index < -0.39 is 0 Å². The Bertz CT molecular complexity index is 384. The van der Waals surface area contributed by atoms with Gasteiger partial charge in [-0.1, -0.05) is 13.8 Å². The van der Waals surface area contributed by atoms with Crippen molar-refractivity contribution < 1.29 is 9.53 Å². The van der Waals surface area contributed by atoms with Crippen LogP contribution in [0.25, 0.3) is 0 Å². The lowest BCUT2D eigenvalue weighted by atomic mass is 10.3. The van der Waals surface area contributed by atoms with Gasteiger partial charge in [0, 0.05) is 12.2 Å². The summed E-state index contributed by atoms with van der Waals surface area (Å²) in [6, 6.07) is 7.29. The molecule has 1 amide bonds. The van der Waals surface area contributed by atoms with Gasteiger partial charge in [-0.25, -0.2) is 0 Å². The van der Waals surface area contributed by atoms with Crippen molar-refractivity contribution in [3.8, 4) is 5.75 Å². The highest BCUT2D eigenvalue weighted by atomic mass is 35.5. The zero-order chi connectivity index (χ0) is 14.1. The molecule has 3 N–H and O–H groups in total. The van der Waals surface area contributed by atoms with Crippen molar-refractivity contribution in [3.63, 3.8) is 0 Å². The Kier molecular flexibility index (Phi) is 13.5. The first-order chi connectivity index (χ1) is 9.19. The zero-order valence-electron chi connectivity index (χ0n) is 12.5. The minimum atomic E-state index is -0.199. The summed E-state index contributed by atoms with van der Waals surface area (Å²) in [5.74, 6) is 0.605. The number of carbonyl (C=O) groups is 1. The fraction of sp³-hybridized carbons (Fsp3) is 0.500. The highest BCUT2D eigenvalue weighted by Crippen LogP contribution is 2.15. The number of hydrogen-bond acceptors (Lipinski definition) is 4. The molecule has 21 heavy (non-hydrogen) atoms. The van der Waals surface area contributed by atoms with Gasteiger partial charge < -0.3 is 20.7 Å². The van der Waals surface area contributed by atoms with Gasteiger partial charge in [0.2, 0.25) is 5.91 Å². The highest BCUT2D eigenvalue weighted by Gasteiger charge is 2.01. The number of nitrogens with one attached hydrogen (secondary N) is 1. The lowest BCUT2D eigenvalue weighted by Crippen LogP contribution is -2.27. The molecule has 0 aliphatic rings. The maximum absolute atomic E-state index is 11.1. The third-order valence-electron chi connectivity index (χ3n) is 2.89. The van der Waals surface area contributed by atoms with Gasteiger partial charge in [-0.3, -0.25) is 4.79 Å². The van der Waals surface area contributed by atoms with Crippen LogP contribution < -0.4 is 15.8 Å². The summed E-state index contributed by atoms with van der Waals surface area (Å²) < 4.78 is 5.65. The first kappa shape index (κ1) is 22.3. The minimum absolute atomic E-state index is 0. The minimum Gasteiger partial charge on any atom is -0.492 e. The number of hydrogen-bond donors (Lipinski definition) is 2. The molecule has 5 nitrogen and oxygen atoms in total. The van der Waals surface area contributed by atoms with Crippen molar-refractivity contribution in [1.29, 1.82) is 0 Å². The molecule has 1 aromatic rings. The number of ether oxygens (including phenoxy) is 1. The number of benzene rings is 1. The number of anilines is 1. The summed E-state index contributed by atoms with van der Waals surface area (Å²) in [6.45, 7) is 7.90. The van der Waals surface area contributed by atoms with Crippen molar-refractivity contribution in [2.45, 2.75) is 13.8 Å². The van der Waals surface area contributed by atoms with Crippen molar-refractivity contribution in [3.05, 3.63) is 24.3 Å². The Labute approximate surface area is 139 Å². The van der Waals surface area contributed by atoms with Crippen LogP contribution in [0.5, 0.6) is 5.75 Å². The third kappa shape index (κ3) is 8.78. The molecule has 0 bridgehead atoms. The molecule has 0 saturated carbocycles. The molecule has 0 heterocycles. The van der Waals surface area contributed by atoms with Crippen LogP contribution >= 0.6 is 24.8 Å². The Balaban J connectivity index is 0.